The molecule has 2 aliphatic rings. The van der Waals surface area contributed by atoms with Crippen LogP contribution in [-0.4, -0.2) is 31.2 Å². The lowest BCUT2D eigenvalue weighted by Crippen LogP contribution is -2.50. The molecule has 0 aromatic heterocycles. The predicted octanol–water partition coefficient (Wildman–Crippen LogP) is 0.590. The molecule has 2 fully saturated rings. The van der Waals surface area contributed by atoms with Crippen LogP contribution in [0.4, 0.5) is 4.79 Å². The highest BCUT2D eigenvalue weighted by Gasteiger charge is 2.21. The number of urea groups is 1. The number of nitrogens with one attached hydrogen (secondary N) is 3. The molecule has 14 heavy (non-hydrogen) atoms. The molecule has 0 atom stereocenters. The second-order valence-electron chi connectivity index (χ2n) is 4.27. The zero-order valence-electron chi connectivity index (χ0n) is 8.51. The third kappa shape index (κ3) is 2.61. The molecule has 1 aliphatic carbocycles. The van der Waals surface area contributed by atoms with Gasteiger partial charge in [0.05, 0.1) is 0 Å². The van der Waals surface area contributed by atoms with E-state index < -0.39 is 0 Å². The highest BCUT2D eigenvalue weighted by atomic mass is 16.2. The zero-order valence-corrected chi connectivity index (χ0v) is 8.51. The van der Waals surface area contributed by atoms with Gasteiger partial charge in [0.15, 0.2) is 0 Å². The van der Waals surface area contributed by atoms with Gasteiger partial charge in [-0.25, -0.2) is 4.79 Å². The SMILES string of the molecule is O=C(NC1CCC1)NC1CCNCC1. The molecule has 80 valence electrons. The summed E-state index contributed by atoms with van der Waals surface area (Å²) in [6.45, 7) is 2.04. The van der Waals surface area contributed by atoms with Crippen LogP contribution in [0.15, 0.2) is 0 Å². The third-order valence-electron chi connectivity index (χ3n) is 3.11. The average Bonchev–Trinajstić information content (AvgIpc) is 2.13. The minimum absolute atomic E-state index is 0.0293. The molecule has 1 saturated carbocycles. The summed E-state index contributed by atoms with van der Waals surface area (Å²) in [5.41, 5.74) is 0. The first-order valence-electron chi connectivity index (χ1n) is 5.62. The molecule has 0 aromatic carbocycles. The Labute approximate surface area is 84.8 Å². The molecule has 4 heteroatoms. The quantitative estimate of drug-likeness (QED) is 0.607. The molecule has 1 saturated heterocycles. The number of piperidine rings is 1. The molecule has 0 unspecified atom stereocenters. The van der Waals surface area contributed by atoms with Crippen molar-refractivity contribution < 1.29 is 4.79 Å². The summed E-state index contributed by atoms with van der Waals surface area (Å²) in [6, 6.07) is 0.842. The lowest BCUT2D eigenvalue weighted by Gasteiger charge is -2.29. The van der Waals surface area contributed by atoms with E-state index in [9.17, 15) is 4.79 Å². The van der Waals surface area contributed by atoms with Crippen LogP contribution < -0.4 is 16.0 Å². The molecule has 2 rings (SSSR count). The van der Waals surface area contributed by atoms with Crippen molar-refractivity contribution in [1.29, 1.82) is 0 Å². The Hall–Kier alpha value is -0.770. The fourth-order valence-corrected chi connectivity index (χ4v) is 1.93. The van der Waals surface area contributed by atoms with Crippen LogP contribution >= 0.6 is 0 Å². The highest BCUT2D eigenvalue weighted by molar-refractivity contribution is 5.74. The van der Waals surface area contributed by atoms with E-state index in [1.807, 2.05) is 0 Å². The minimum Gasteiger partial charge on any atom is -0.335 e. The summed E-state index contributed by atoms with van der Waals surface area (Å²) in [4.78, 5) is 11.5. The fourth-order valence-electron chi connectivity index (χ4n) is 1.93. The predicted molar refractivity (Wildman–Crippen MR) is 55.2 cm³/mol. The molecule has 0 spiro atoms. The average molecular weight is 197 g/mol. The number of carbonyl (C=O) groups is 1. The van der Waals surface area contributed by atoms with E-state index in [0.29, 0.717) is 12.1 Å². The van der Waals surface area contributed by atoms with E-state index in [2.05, 4.69) is 16.0 Å². The van der Waals surface area contributed by atoms with Crippen molar-refractivity contribution in [2.45, 2.75) is 44.2 Å². The number of rotatable bonds is 2. The first kappa shape index (κ1) is 9.77. The van der Waals surface area contributed by atoms with Crippen LogP contribution in [-0.2, 0) is 0 Å². The Morgan fingerprint density at radius 1 is 1.00 bits per heavy atom. The maximum atomic E-state index is 11.5. The van der Waals surface area contributed by atoms with Crippen LogP contribution in [0, 0.1) is 0 Å². The second kappa shape index (κ2) is 4.64. The molecule has 2 amide bonds. The smallest absolute Gasteiger partial charge is 0.315 e. The molecule has 0 bridgehead atoms. The molecule has 3 N–H and O–H groups in total. The summed E-state index contributed by atoms with van der Waals surface area (Å²) in [5.74, 6) is 0. The Bertz CT molecular complexity index is 198. The third-order valence-corrected chi connectivity index (χ3v) is 3.11. The monoisotopic (exact) mass is 197 g/mol. The number of hydrogen-bond acceptors (Lipinski definition) is 2. The van der Waals surface area contributed by atoms with Crippen molar-refractivity contribution in [3.63, 3.8) is 0 Å². The van der Waals surface area contributed by atoms with Crippen LogP contribution in [0.1, 0.15) is 32.1 Å². The summed E-state index contributed by atoms with van der Waals surface area (Å²) in [5, 5.41) is 9.30. The summed E-state index contributed by atoms with van der Waals surface area (Å²) in [7, 11) is 0. The Kier molecular flexibility index (Phi) is 3.24. The Balaban J connectivity index is 1.64. The summed E-state index contributed by atoms with van der Waals surface area (Å²) < 4.78 is 0. The topological polar surface area (TPSA) is 53.2 Å². The number of hydrogen-bond donors (Lipinski definition) is 3. The van der Waals surface area contributed by atoms with Crippen molar-refractivity contribution in [3.05, 3.63) is 0 Å². The van der Waals surface area contributed by atoms with Gasteiger partial charge in [0.25, 0.3) is 0 Å². The van der Waals surface area contributed by atoms with Crippen molar-refractivity contribution in [2.24, 2.45) is 0 Å². The van der Waals surface area contributed by atoms with E-state index in [-0.39, 0.29) is 6.03 Å². The molecule has 1 heterocycles. The summed E-state index contributed by atoms with van der Waals surface area (Å²) in [6.07, 6.45) is 5.67. The van der Waals surface area contributed by atoms with Gasteiger partial charge in [0.1, 0.15) is 0 Å². The minimum atomic E-state index is 0.0293. The highest BCUT2D eigenvalue weighted by Crippen LogP contribution is 2.17. The molecule has 4 nitrogen and oxygen atoms in total. The first-order valence-corrected chi connectivity index (χ1v) is 5.62. The van der Waals surface area contributed by atoms with Gasteiger partial charge in [0.2, 0.25) is 0 Å². The van der Waals surface area contributed by atoms with Crippen molar-refractivity contribution in [2.75, 3.05) is 13.1 Å². The lowest BCUT2D eigenvalue weighted by atomic mass is 9.93. The van der Waals surface area contributed by atoms with Gasteiger partial charge in [-0.3, -0.25) is 0 Å². The number of amides is 2. The van der Waals surface area contributed by atoms with Crippen LogP contribution in [0.5, 0.6) is 0 Å². The maximum Gasteiger partial charge on any atom is 0.315 e. The van der Waals surface area contributed by atoms with E-state index in [4.69, 9.17) is 0 Å². The Morgan fingerprint density at radius 2 is 1.57 bits per heavy atom. The van der Waals surface area contributed by atoms with Gasteiger partial charge >= 0.3 is 6.03 Å². The van der Waals surface area contributed by atoms with Crippen LogP contribution in [0.2, 0.25) is 0 Å². The van der Waals surface area contributed by atoms with Crippen molar-refractivity contribution in [1.82, 2.24) is 16.0 Å². The van der Waals surface area contributed by atoms with Gasteiger partial charge in [-0.15, -0.1) is 0 Å². The normalized spacial score (nSPS) is 24.0. The van der Waals surface area contributed by atoms with Crippen LogP contribution in [0.3, 0.4) is 0 Å². The van der Waals surface area contributed by atoms with Gasteiger partial charge in [-0.1, -0.05) is 0 Å². The fraction of sp³-hybridized carbons (Fsp3) is 0.900. The van der Waals surface area contributed by atoms with Crippen molar-refractivity contribution >= 4 is 6.03 Å². The molecular weight excluding hydrogens is 178 g/mol. The standard InChI is InChI=1S/C10H19N3O/c14-10(12-8-2-1-3-8)13-9-4-6-11-7-5-9/h8-9,11H,1-7H2,(H2,12,13,14). The molecule has 0 radical (unpaired) electrons. The molecule has 0 aromatic rings. The molecular formula is C10H19N3O. The first-order chi connectivity index (χ1) is 6.84. The van der Waals surface area contributed by atoms with Gasteiger partial charge < -0.3 is 16.0 Å². The Morgan fingerprint density at radius 3 is 2.07 bits per heavy atom. The second-order valence-corrected chi connectivity index (χ2v) is 4.27. The maximum absolute atomic E-state index is 11.5. The van der Waals surface area contributed by atoms with E-state index in [1.165, 1.54) is 6.42 Å². The summed E-state index contributed by atoms with van der Waals surface area (Å²) >= 11 is 0. The van der Waals surface area contributed by atoms with Crippen molar-refractivity contribution in [3.8, 4) is 0 Å². The van der Waals surface area contributed by atoms with Gasteiger partial charge in [0, 0.05) is 12.1 Å². The van der Waals surface area contributed by atoms with E-state index in [0.717, 1.165) is 38.8 Å². The van der Waals surface area contributed by atoms with E-state index in [1.54, 1.807) is 0 Å². The van der Waals surface area contributed by atoms with Gasteiger partial charge in [-0.2, -0.15) is 0 Å². The zero-order chi connectivity index (χ0) is 9.80. The van der Waals surface area contributed by atoms with E-state index >= 15 is 0 Å². The number of carbonyl (C=O) groups excluding carboxylic acids is 1. The lowest BCUT2D eigenvalue weighted by molar-refractivity contribution is 0.221. The van der Waals surface area contributed by atoms with Crippen LogP contribution in [0.25, 0.3) is 0 Å². The molecule has 1 aliphatic heterocycles. The largest absolute Gasteiger partial charge is 0.335 e. The van der Waals surface area contributed by atoms with Gasteiger partial charge in [-0.05, 0) is 45.2 Å².